The van der Waals surface area contributed by atoms with Gasteiger partial charge in [0, 0.05) is 31.7 Å². The number of aliphatic hydroxyl groups excluding tert-OH is 2. The fraction of sp³-hybridized carbons (Fsp3) is 0.589. The number of hydrogen-bond acceptors (Lipinski definition) is 20. The lowest BCUT2D eigenvalue weighted by Crippen LogP contribution is -2.81. The van der Waals surface area contributed by atoms with Crippen molar-refractivity contribution in [2.24, 2.45) is 16.7 Å². The molecule has 3 aliphatic carbocycles. The Morgan fingerprint density at radius 2 is 1.50 bits per heavy atom. The van der Waals surface area contributed by atoms with E-state index in [-0.39, 0.29) is 68.3 Å². The summed E-state index contributed by atoms with van der Waals surface area (Å²) in [6.07, 6.45) is -7.18. The molecule has 426 valence electrons. The number of amides is 2. The largest absolute Gasteiger partial charge is 0.455 e. The topological polar surface area (TPSA) is 297 Å². The highest BCUT2D eigenvalue weighted by molar-refractivity contribution is 5.94. The maximum Gasteiger partial charge on any atom is 0.408 e. The Balaban J connectivity index is 1.33. The summed E-state index contributed by atoms with van der Waals surface area (Å²) in [7, 11) is 0. The lowest BCUT2D eigenvalue weighted by Gasteiger charge is -2.67. The molecule has 0 spiro atoms. The Labute approximate surface area is 453 Å². The zero-order valence-corrected chi connectivity index (χ0v) is 45.2. The number of aliphatic hydroxyl groups is 3. The summed E-state index contributed by atoms with van der Waals surface area (Å²) in [5.74, 6) is -5.16. The molecule has 5 N–H and O–H groups in total. The first-order chi connectivity index (χ1) is 36.8. The van der Waals surface area contributed by atoms with E-state index in [4.69, 9.17) is 53.8 Å². The van der Waals surface area contributed by atoms with Crippen LogP contribution in [0.3, 0.4) is 0 Å². The summed E-state index contributed by atoms with van der Waals surface area (Å²) in [4.78, 5) is 97.8. The van der Waals surface area contributed by atoms with E-state index >= 15 is 9.59 Å². The fourth-order valence-corrected chi connectivity index (χ4v) is 10.9. The predicted molar refractivity (Wildman–Crippen MR) is 273 cm³/mol. The third-order valence-electron chi connectivity index (χ3n) is 14.8. The van der Waals surface area contributed by atoms with Gasteiger partial charge >= 0.3 is 30.0 Å². The number of alkyl carbamates (subject to hydrolysis) is 1. The van der Waals surface area contributed by atoms with Crippen LogP contribution in [0.1, 0.15) is 90.2 Å². The Morgan fingerprint density at radius 1 is 0.872 bits per heavy atom. The summed E-state index contributed by atoms with van der Waals surface area (Å²) in [6, 6.07) is 14.1. The molecular weight excluding hydrogens is 1020 g/mol. The van der Waals surface area contributed by atoms with E-state index < -0.39 is 138 Å². The van der Waals surface area contributed by atoms with Crippen molar-refractivity contribution in [1.29, 1.82) is 0 Å². The van der Waals surface area contributed by atoms with Gasteiger partial charge in [0.25, 0.3) is 0 Å². The zero-order chi connectivity index (χ0) is 57.2. The van der Waals surface area contributed by atoms with E-state index in [9.17, 15) is 39.3 Å². The first-order valence-electron chi connectivity index (χ1n) is 25.7. The normalized spacial score (nSPS) is 27.8. The van der Waals surface area contributed by atoms with E-state index in [0.717, 1.165) is 6.92 Å². The van der Waals surface area contributed by atoms with E-state index in [0.29, 0.717) is 13.2 Å². The monoisotopic (exact) mass is 1090 g/mol. The highest BCUT2D eigenvalue weighted by Crippen LogP contribution is 2.64. The average molecular weight is 1090 g/mol. The molecule has 2 saturated carbocycles. The van der Waals surface area contributed by atoms with E-state index in [1.165, 1.54) is 52.0 Å². The van der Waals surface area contributed by atoms with Crippen LogP contribution in [0.2, 0.25) is 0 Å². The van der Waals surface area contributed by atoms with Crippen LogP contribution < -0.4 is 10.6 Å². The third kappa shape index (κ3) is 13.4. The molecule has 0 radical (unpaired) electrons. The molecule has 11 atom stereocenters. The van der Waals surface area contributed by atoms with Gasteiger partial charge in [-0.1, -0.05) is 68.3 Å². The molecule has 2 amide bonds. The Bertz CT molecular complexity index is 2560. The Hall–Kier alpha value is -6.29. The van der Waals surface area contributed by atoms with Crippen LogP contribution in [-0.2, 0) is 71.3 Å². The minimum Gasteiger partial charge on any atom is -0.455 e. The second kappa shape index (κ2) is 25.7. The predicted octanol–water partition coefficient (Wildman–Crippen LogP) is 2.63. The fourth-order valence-electron chi connectivity index (χ4n) is 10.9. The number of terminal acetylenes is 1. The SMILES string of the molecule is C#CCOCCOCCOCCNC(=O)COCC(=O)O[C@@H](C(=O)O[C@H]1C[C@@]2(O)[C@@H](OC(=O)c3ccccc3)[C@@H]3[C@]4(OC(C)=O)CO[C@@H]4C[C@H](O)[C@@]3(C)C(=O)[C@H](O)C(=C1C)C2(C)C)[C@@H](NC(=O)OC(C)(C)C)c1ccccc1. The van der Waals surface area contributed by atoms with Gasteiger partial charge in [0.1, 0.15) is 61.5 Å². The molecule has 2 aromatic carbocycles. The summed E-state index contributed by atoms with van der Waals surface area (Å²) >= 11 is 0. The summed E-state index contributed by atoms with van der Waals surface area (Å²) in [5, 5.41) is 43.5. The van der Waals surface area contributed by atoms with Gasteiger partial charge in [0.05, 0.1) is 62.6 Å². The number of carbonyl (C=O) groups excluding carboxylic acids is 7. The molecule has 2 aromatic rings. The van der Waals surface area contributed by atoms with Gasteiger partial charge in [-0.05, 0) is 63.5 Å². The lowest BCUT2D eigenvalue weighted by atomic mass is 9.44. The highest BCUT2D eigenvalue weighted by atomic mass is 16.6. The summed E-state index contributed by atoms with van der Waals surface area (Å²) in [6.45, 7) is 11.5. The van der Waals surface area contributed by atoms with Crippen LogP contribution in [0.25, 0.3) is 0 Å². The number of carbonyl (C=O) groups is 7. The van der Waals surface area contributed by atoms with Crippen LogP contribution >= 0.6 is 0 Å². The van der Waals surface area contributed by atoms with Gasteiger partial charge in [0.15, 0.2) is 11.4 Å². The summed E-state index contributed by atoms with van der Waals surface area (Å²) < 4.78 is 57.3. The molecule has 78 heavy (non-hydrogen) atoms. The lowest BCUT2D eigenvalue weighted by molar-refractivity contribution is -0.346. The molecule has 3 fully saturated rings. The number of ether oxygens (including phenoxy) is 10. The van der Waals surface area contributed by atoms with Crippen LogP contribution in [0, 0.1) is 29.1 Å². The van der Waals surface area contributed by atoms with Gasteiger partial charge in [-0.3, -0.25) is 14.4 Å². The van der Waals surface area contributed by atoms with E-state index in [1.807, 2.05) is 0 Å². The number of fused-ring (bicyclic) bond motifs is 5. The van der Waals surface area contributed by atoms with Gasteiger partial charge in [-0.2, -0.15) is 0 Å². The van der Waals surface area contributed by atoms with Gasteiger partial charge < -0.3 is 73.3 Å². The van der Waals surface area contributed by atoms with Crippen molar-refractivity contribution in [3.8, 4) is 12.3 Å². The smallest absolute Gasteiger partial charge is 0.408 e. The number of benzene rings is 2. The van der Waals surface area contributed by atoms with Crippen LogP contribution in [0.15, 0.2) is 71.8 Å². The van der Waals surface area contributed by atoms with Crippen LogP contribution in [-0.4, -0.2) is 176 Å². The molecule has 0 aromatic heterocycles. The van der Waals surface area contributed by atoms with Gasteiger partial charge in [0.2, 0.25) is 12.0 Å². The minimum atomic E-state index is -2.48. The van der Waals surface area contributed by atoms with Crippen molar-refractivity contribution < 1.29 is 96.2 Å². The average Bonchev–Trinajstić information content (AvgIpc) is 3.49. The van der Waals surface area contributed by atoms with Crippen molar-refractivity contribution in [1.82, 2.24) is 10.6 Å². The van der Waals surface area contributed by atoms with E-state index in [2.05, 4.69) is 16.6 Å². The first-order valence-corrected chi connectivity index (χ1v) is 25.7. The molecule has 1 saturated heterocycles. The Kier molecular flexibility index (Phi) is 20.0. The quantitative estimate of drug-likeness (QED) is 0.0351. The second-order valence-electron chi connectivity index (χ2n) is 21.4. The van der Waals surface area contributed by atoms with Crippen molar-refractivity contribution in [3.63, 3.8) is 0 Å². The van der Waals surface area contributed by atoms with Crippen molar-refractivity contribution >= 4 is 41.7 Å². The van der Waals surface area contributed by atoms with E-state index in [1.54, 1.807) is 57.2 Å². The van der Waals surface area contributed by atoms with Crippen molar-refractivity contribution in [2.75, 3.05) is 66.0 Å². The standard InChI is InChI=1S/C56H72N2O20/c1-10-22-69-24-26-71-27-25-70-23-21-57-40(61)30-72-31-41(62)75-45(43(35-17-13-11-14-18-35)58-51(67)78-52(4,5)6)50(66)74-37-29-56(68)48(76-49(65)36-19-15-12-16-20-36)46-54(9,47(64)44(63)42(33(37)2)53(56,7)8)38(60)28-39-55(46,32-73-39)77-34(3)59/h1,11-20,37-39,43-46,48,60,63,68H,21-32H2,2-9H3,(H,57,61)(H,58,67)/t37-,38-,39+,43-,44+,45+,46-,48-,54+,55-,56+/m0/s1. The van der Waals surface area contributed by atoms with Crippen LogP contribution in [0.5, 0.6) is 0 Å². The number of Topliss-reactive ketones (excluding diaryl/α,β-unsaturated/α-hetero) is 1. The van der Waals surface area contributed by atoms with Gasteiger partial charge in [-0.25, -0.2) is 19.2 Å². The number of nitrogens with one attached hydrogen (secondary N) is 2. The third-order valence-corrected chi connectivity index (χ3v) is 14.8. The Morgan fingerprint density at radius 3 is 2.10 bits per heavy atom. The molecule has 22 heteroatoms. The van der Waals surface area contributed by atoms with Gasteiger partial charge in [-0.15, -0.1) is 6.42 Å². The summed E-state index contributed by atoms with van der Waals surface area (Å²) in [5.41, 5.74) is -9.02. The molecule has 6 rings (SSSR count). The molecule has 0 unspecified atom stereocenters. The maximum absolute atomic E-state index is 15.3. The zero-order valence-electron chi connectivity index (χ0n) is 45.2. The van der Waals surface area contributed by atoms with Crippen LogP contribution in [0.4, 0.5) is 4.79 Å². The minimum absolute atomic E-state index is 0.0282. The molecule has 2 bridgehead atoms. The number of ketones is 1. The number of esters is 4. The van der Waals surface area contributed by atoms with Crippen molar-refractivity contribution in [3.05, 3.63) is 82.9 Å². The number of rotatable bonds is 23. The molecule has 1 aliphatic heterocycles. The maximum atomic E-state index is 15.3. The molecule has 22 nitrogen and oxygen atoms in total. The number of hydrogen-bond donors (Lipinski definition) is 5. The first kappa shape index (κ1) is 60.9. The molecule has 1 heterocycles. The highest BCUT2D eigenvalue weighted by Gasteiger charge is 2.78. The second-order valence-corrected chi connectivity index (χ2v) is 21.4. The molecule has 4 aliphatic rings. The molecular formula is C56H72N2O20. The van der Waals surface area contributed by atoms with Crippen molar-refractivity contribution in [2.45, 2.75) is 128 Å².